The van der Waals surface area contributed by atoms with Gasteiger partial charge in [-0.3, -0.25) is 19.3 Å². The fourth-order valence-electron chi connectivity index (χ4n) is 5.09. The standard InChI is InChI=1S/C22H24Br2N2O5/c1-3-8-31-22(30)11-4-6-12(7-5-11)25-19(27)10(2)26-20(28)15-13-9-14(16(15)21(26)29)18(24)17(13)23/h4-7,10,13-18H,3,8-9H2,1-2H3,(H,25,27)/t10-,13+,14+,15+,16+,17-,18-/m0/s1. The number of amides is 3. The number of alkyl halides is 2. The molecular weight excluding hydrogens is 532 g/mol. The summed E-state index contributed by atoms with van der Waals surface area (Å²) in [4.78, 5) is 52.3. The van der Waals surface area contributed by atoms with Gasteiger partial charge in [-0.1, -0.05) is 38.8 Å². The van der Waals surface area contributed by atoms with Crippen molar-refractivity contribution in [3.8, 4) is 0 Å². The summed E-state index contributed by atoms with van der Waals surface area (Å²) in [6, 6.07) is 5.42. The molecule has 2 aliphatic carbocycles. The van der Waals surface area contributed by atoms with E-state index in [9.17, 15) is 19.2 Å². The monoisotopic (exact) mass is 554 g/mol. The van der Waals surface area contributed by atoms with Gasteiger partial charge in [0.2, 0.25) is 17.7 Å². The molecule has 1 aromatic carbocycles. The van der Waals surface area contributed by atoms with Gasteiger partial charge in [0.15, 0.2) is 0 Å². The molecule has 1 saturated heterocycles. The van der Waals surface area contributed by atoms with Gasteiger partial charge in [0.1, 0.15) is 6.04 Å². The van der Waals surface area contributed by atoms with Gasteiger partial charge in [-0.2, -0.15) is 0 Å². The molecule has 31 heavy (non-hydrogen) atoms. The Kier molecular flexibility index (Phi) is 6.27. The zero-order valence-electron chi connectivity index (χ0n) is 17.2. The van der Waals surface area contributed by atoms with Crippen LogP contribution < -0.4 is 5.32 Å². The normalized spacial score (nSPS) is 32.2. The number of halogens is 2. The Morgan fingerprint density at radius 2 is 1.65 bits per heavy atom. The topological polar surface area (TPSA) is 92.8 Å². The van der Waals surface area contributed by atoms with Crippen molar-refractivity contribution in [3.63, 3.8) is 0 Å². The lowest BCUT2D eigenvalue weighted by Gasteiger charge is -2.28. The molecular formula is C22H24Br2N2O5. The lowest BCUT2D eigenvalue weighted by atomic mass is 9.81. The summed E-state index contributed by atoms with van der Waals surface area (Å²) in [7, 11) is 0. The van der Waals surface area contributed by atoms with Gasteiger partial charge in [-0.25, -0.2) is 4.79 Å². The van der Waals surface area contributed by atoms with E-state index in [2.05, 4.69) is 37.2 Å². The number of carbonyl (C=O) groups is 4. The highest BCUT2D eigenvalue weighted by atomic mass is 79.9. The van der Waals surface area contributed by atoms with Crippen LogP contribution in [0.5, 0.6) is 0 Å². The summed E-state index contributed by atoms with van der Waals surface area (Å²) < 4.78 is 5.09. The van der Waals surface area contributed by atoms with Gasteiger partial charge in [0, 0.05) is 15.3 Å². The molecule has 7 nitrogen and oxygen atoms in total. The molecule has 3 amide bonds. The van der Waals surface area contributed by atoms with Crippen LogP contribution in [-0.2, 0) is 19.1 Å². The highest BCUT2D eigenvalue weighted by molar-refractivity contribution is 9.12. The molecule has 0 spiro atoms. The van der Waals surface area contributed by atoms with Gasteiger partial charge < -0.3 is 10.1 Å². The molecule has 0 radical (unpaired) electrons. The molecule has 1 aliphatic heterocycles. The lowest BCUT2D eigenvalue weighted by Crippen LogP contribution is -2.46. The SMILES string of the molecule is CCCOC(=O)c1ccc(NC(=O)[C@H](C)N2C(=O)[C@@H]3[C@H]4C[C@@H]([C@H](Br)[C@H]4Br)[C@H]3C2=O)cc1. The summed E-state index contributed by atoms with van der Waals surface area (Å²) >= 11 is 7.33. The number of ether oxygens (including phenoxy) is 1. The summed E-state index contributed by atoms with van der Waals surface area (Å²) in [5.41, 5.74) is 0.866. The van der Waals surface area contributed by atoms with Gasteiger partial charge in [-0.15, -0.1) is 0 Å². The third kappa shape index (κ3) is 3.73. The number of likely N-dealkylation sites (tertiary alicyclic amines) is 1. The van der Waals surface area contributed by atoms with Crippen LogP contribution in [0, 0.1) is 23.7 Å². The first-order valence-corrected chi connectivity index (χ1v) is 12.3. The maximum absolute atomic E-state index is 13.1. The minimum atomic E-state index is -0.915. The van der Waals surface area contributed by atoms with Crippen LogP contribution in [0.25, 0.3) is 0 Å². The highest BCUT2D eigenvalue weighted by Crippen LogP contribution is 2.60. The molecule has 2 saturated carbocycles. The van der Waals surface area contributed by atoms with Crippen molar-refractivity contribution in [2.75, 3.05) is 11.9 Å². The van der Waals surface area contributed by atoms with Crippen molar-refractivity contribution in [1.82, 2.24) is 4.90 Å². The minimum Gasteiger partial charge on any atom is -0.462 e. The van der Waals surface area contributed by atoms with E-state index in [1.165, 1.54) is 0 Å². The van der Waals surface area contributed by atoms with Crippen molar-refractivity contribution in [2.45, 2.75) is 42.4 Å². The third-order valence-corrected chi connectivity index (χ3v) is 9.82. The Hall–Kier alpha value is -1.74. The second-order valence-corrected chi connectivity index (χ2v) is 10.5. The number of benzene rings is 1. The summed E-state index contributed by atoms with van der Waals surface area (Å²) in [5, 5.41) is 2.73. The molecule has 1 heterocycles. The van der Waals surface area contributed by atoms with Crippen molar-refractivity contribution in [2.24, 2.45) is 23.7 Å². The number of hydrogen-bond donors (Lipinski definition) is 1. The summed E-state index contributed by atoms with van der Waals surface area (Å²) in [6.07, 6.45) is 1.58. The Morgan fingerprint density at radius 1 is 1.10 bits per heavy atom. The molecule has 9 heteroatoms. The van der Waals surface area contributed by atoms with Gasteiger partial charge >= 0.3 is 5.97 Å². The smallest absolute Gasteiger partial charge is 0.338 e. The van der Waals surface area contributed by atoms with Crippen LogP contribution in [0.2, 0.25) is 0 Å². The van der Waals surface area contributed by atoms with Gasteiger partial charge in [0.25, 0.3) is 0 Å². The average molecular weight is 556 g/mol. The lowest BCUT2D eigenvalue weighted by molar-refractivity contribution is -0.146. The molecule has 1 N–H and O–H groups in total. The number of anilines is 1. The quantitative estimate of drug-likeness (QED) is 0.330. The van der Waals surface area contributed by atoms with E-state index in [1.54, 1.807) is 31.2 Å². The van der Waals surface area contributed by atoms with Crippen LogP contribution in [0.1, 0.15) is 37.0 Å². The number of nitrogens with one attached hydrogen (secondary N) is 1. The van der Waals surface area contributed by atoms with Crippen molar-refractivity contribution in [3.05, 3.63) is 29.8 Å². The third-order valence-electron chi connectivity index (χ3n) is 6.61. The average Bonchev–Trinajstić information content (AvgIpc) is 3.36. The van der Waals surface area contributed by atoms with E-state index in [0.29, 0.717) is 17.9 Å². The van der Waals surface area contributed by atoms with Crippen LogP contribution in [-0.4, -0.2) is 50.9 Å². The number of carbonyl (C=O) groups excluding carboxylic acids is 4. The number of hydrogen-bond acceptors (Lipinski definition) is 5. The Labute approximate surface area is 197 Å². The predicted molar refractivity (Wildman–Crippen MR) is 121 cm³/mol. The summed E-state index contributed by atoms with van der Waals surface area (Å²) in [6.45, 7) is 3.83. The van der Waals surface area contributed by atoms with E-state index in [4.69, 9.17) is 4.74 Å². The van der Waals surface area contributed by atoms with Crippen molar-refractivity contribution < 1.29 is 23.9 Å². The van der Waals surface area contributed by atoms with Gasteiger partial charge in [0.05, 0.1) is 24.0 Å². The van der Waals surface area contributed by atoms with E-state index in [1.807, 2.05) is 6.92 Å². The number of imide groups is 1. The molecule has 3 fully saturated rings. The molecule has 3 aliphatic rings. The Morgan fingerprint density at radius 3 is 2.16 bits per heavy atom. The fourth-order valence-corrected chi connectivity index (χ4v) is 6.96. The number of nitrogens with zero attached hydrogens (tertiary/aromatic N) is 1. The molecule has 0 unspecified atom stereocenters. The fraction of sp³-hybridized carbons (Fsp3) is 0.545. The van der Waals surface area contributed by atoms with Crippen LogP contribution >= 0.6 is 31.9 Å². The van der Waals surface area contributed by atoms with Crippen LogP contribution in [0.15, 0.2) is 24.3 Å². The Balaban J connectivity index is 1.43. The molecule has 166 valence electrons. The van der Waals surface area contributed by atoms with Crippen molar-refractivity contribution in [1.29, 1.82) is 0 Å². The largest absolute Gasteiger partial charge is 0.462 e. The first-order chi connectivity index (χ1) is 14.8. The number of fused-ring (bicyclic) bond motifs is 5. The molecule has 2 bridgehead atoms. The first kappa shape index (κ1) is 22.5. The maximum Gasteiger partial charge on any atom is 0.338 e. The zero-order valence-corrected chi connectivity index (χ0v) is 20.4. The minimum absolute atomic E-state index is 0.107. The van der Waals surface area contributed by atoms with Gasteiger partial charge in [-0.05, 0) is 55.9 Å². The number of esters is 1. The zero-order chi connectivity index (χ0) is 22.4. The first-order valence-electron chi connectivity index (χ1n) is 10.5. The van der Waals surface area contributed by atoms with E-state index < -0.39 is 17.9 Å². The maximum atomic E-state index is 13.1. The van der Waals surface area contributed by atoms with Crippen molar-refractivity contribution >= 4 is 61.2 Å². The molecule has 4 rings (SSSR count). The molecule has 0 aromatic heterocycles. The number of rotatable bonds is 6. The highest BCUT2D eigenvalue weighted by Gasteiger charge is 2.67. The predicted octanol–water partition coefficient (Wildman–Crippen LogP) is 3.36. The molecule has 7 atom stereocenters. The van der Waals surface area contributed by atoms with E-state index in [0.717, 1.165) is 17.7 Å². The Bertz CT molecular complexity index is 889. The second kappa shape index (κ2) is 8.65. The van der Waals surface area contributed by atoms with Crippen LogP contribution in [0.4, 0.5) is 5.69 Å². The van der Waals surface area contributed by atoms with E-state index >= 15 is 0 Å². The van der Waals surface area contributed by atoms with Crippen LogP contribution in [0.3, 0.4) is 0 Å². The summed E-state index contributed by atoms with van der Waals surface area (Å²) in [5.74, 6) is -1.84. The second-order valence-electron chi connectivity index (χ2n) is 8.43. The molecule has 1 aromatic rings. The van der Waals surface area contributed by atoms with E-state index in [-0.39, 0.29) is 45.1 Å².